The third-order valence-corrected chi connectivity index (χ3v) is 3.74. The number of hydrogen-bond donors (Lipinski definition) is 2. The second-order valence-electron chi connectivity index (χ2n) is 5.56. The van der Waals surface area contributed by atoms with E-state index in [0.29, 0.717) is 6.07 Å². The lowest BCUT2D eigenvalue weighted by Gasteiger charge is -2.14. The summed E-state index contributed by atoms with van der Waals surface area (Å²) in [6.07, 6.45) is 0. The van der Waals surface area contributed by atoms with Gasteiger partial charge in [0.1, 0.15) is 0 Å². The van der Waals surface area contributed by atoms with Crippen molar-refractivity contribution < 1.29 is 38.8 Å². The van der Waals surface area contributed by atoms with Crippen LogP contribution in [0.5, 0.6) is 17.2 Å². The lowest BCUT2D eigenvalue weighted by Crippen LogP contribution is -2.22. The maximum atomic E-state index is 12.2. The number of rotatable bonds is 9. The van der Waals surface area contributed by atoms with Crippen LogP contribution in [0.15, 0.2) is 30.3 Å². The number of benzene rings is 2. The van der Waals surface area contributed by atoms with Crippen LogP contribution in [-0.4, -0.2) is 47.7 Å². The van der Waals surface area contributed by atoms with Crippen molar-refractivity contribution in [1.29, 1.82) is 0 Å². The summed E-state index contributed by atoms with van der Waals surface area (Å²) in [5, 5.41) is 33.5. The first-order valence-electron chi connectivity index (χ1n) is 8.02. The van der Waals surface area contributed by atoms with Crippen molar-refractivity contribution in [3.05, 3.63) is 56.1 Å². The summed E-state index contributed by atoms with van der Waals surface area (Å²) in [7, 11) is 2.63. The van der Waals surface area contributed by atoms with Gasteiger partial charge < -0.3 is 24.6 Å². The van der Waals surface area contributed by atoms with Gasteiger partial charge in [0.05, 0.1) is 41.4 Å². The van der Waals surface area contributed by atoms with Crippen LogP contribution in [0.3, 0.4) is 0 Å². The minimum Gasteiger partial charge on any atom is -0.493 e. The number of carbonyl (C=O) groups excluding carboxylic acids is 1. The van der Waals surface area contributed by atoms with Crippen LogP contribution in [0.4, 0.5) is 17.1 Å². The van der Waals surface area contributed by atoms with Gasteiger partial charge in [-0.05, 0) is 6.07 Å². The third kappa shape index (κ3) is 4.89. The van der Waals surface area contributed by atoms with Crippen molar-refractivity contribution in [2.45, 2.75) is 0 Å². The standard InChI is InChI=1S/C17H15N3O10/c1-28-14-6-10(17(22)23)11(7-15(14)29-2)18-16(21)8-30-13-4-3-9(19(24)25)5-12(13)20(26)27/h3-7H,8H2,1-2H3,(H,18,21)(H,22,23). The van der Waals surface area contributed by atoms with E-state index in [1.54, 1.807) is 0 Å². The van der Waals surface area contributed by atoms with E-state index in [4.69, 9.17) is 14.2 Å². The molecule has 0 fully saturated rings. The fourth-order valence-electron chi connectivity index (χ4n) is 2.37. The minimum atomic E-state index is -1.35. The molecule has 0 bridgehead atoms. The first-order chi connectivity index (χ1) is 14.2. The normalized spacial score (nSPS) is 10.1. The fraction of sp³-hybridized carbons (Fsp3) is 0.176. The zero-order valence-electron chi connectivity index (χ0n) is 15.6. The van der Waals surface area contributed by atoms with E-state index >= 15 is 0 Å². The minimum absolute atomic E-state index is 0.119. The summed E-state index contributed by atoms with van der Waals surface area (Å²) in [5.41, 5.74) is -1.63. The first-order valence-corrected chi connectivity index (χ1v) is 8.02. The smallest absolute Gasteiger partial charge is 0.337 e. The summed E-state index contributed by atoms with van der Waals surface area (Å²) in [5.74, 6) is -2.27. The van der Waals surface area contributed by atoms with E-state index in [9.17, 15) is 34.9 Å². The molecule has 0 saturated heterocycles. The molecule has 13 heteroatoms. The number of carboxylic acid groups (broad SMARTS) is 1. The molecule has 0 spiro atoms. The summed E-state index contributed by atoms with van der Waals surface area (Å²) < 4.78 is 15.2. The van der Waals surface area contributed by atoms with Gasteiger partial charge in [-0.15, -0.1) is 0 Å². The molecule has 30 heavy (non-hydrogen) atoms. The van der Waals surface area contributed by atoms with Crippen molar-refractivity contribution in [1.82, 2.24) is 0 Å². The number of non-ortho nitro benzene ring substituents is 1. The highest BCUT2D eigenvalue weighted by Gasteiger charge is 2.22. The van der Waals surface area contributed by atoms with Crippen molar-refractivity contribution >= 4 is 28.9 Å². The van der Waals surface area contributed by atoms with E-state index in [2.05, 4.69) is 5.32 Å². The Morgan fingerprint density at radius 3 is 2.17 bits per heavy atom. The van der Waals surface area contributed by atoms with Gasteiger partial charge in [-0.25, -0.2) is 4.79 Å². The van der Waals surface area contributed by atoms with Gasteiger partial charge in [-0.1, -0.05) is 0 Å². The average Bonchev–Trinajstić information content (AvgIpc) is 2.71. The summed E-state index contributed by atoms with van der Waals surface area (Å²) in [4.78, 5) is 43.8. The van der Waals surface area contributed by atoms with Gasteiger partial charge >= 0.3 is 11.7 Å². The highest BCUT2D eigenvalue weighted by molar-refractivity contribution is 6.01. The monoisotopic (exact) mass is 421 g/mol. The number of hydrogen-bond acceptors (Lipinski definition) is 9. The van der Waals surface area contributed by atoms with Crippen molar-refractivity contribution in [3.63, 3.8) is 0 Å². The highest BCUT2D eigenvalue weighted by atomic mass is 16.6. The Morgan fingerprint density at radius 2 is 1.63 bits per heavy atom. The molecule has 0 saturated carbocycles. The topological polar surface area (TPSA) is 180 Å². The van der Waals surface area contributed by atoms with Crippen molar-refractivity contribution in [2.75, 3.05) is 26.1 Å². The van der Waals surface area contributed by atoms with Crippen LogP contribution in [0.1, 0.15) is 10.4 Å². The van der Waals surface area contributed by atoms with E-state index < -0.39 is 39.7 Å². The number of nitrogens with one attached hydrogen (secondary N) is 1. The molecule has 2 rings (SSSR count). The number of aromatic carboxylic acids is 1. The molecular formula is C17H15N3O10. The first kappa shape index (κ1) is 21.9. The quantitative estimate of drug-likeness (QED) is 0.450. The molecule has 158 valence electrons. The molecule has 0 radical (unpaired) electrons. The highest BCUT2D eigenvalue weighted by Crippen LogP contribution is 2.34. The van der Waals surface area contributed by atoms with Gasteiger partial charge in [0.25, 0.3) is 11.6 Å². The zero-order valence-corrected chi connectivity index (χ0v) is 15.6. The third-order valence-electron chi connectivity index (χ3n) is 3.74. The summed E-state index contributed by atoms with van der Waals surface area (Å²) in [6.45, 7) is -0.730. The van der Waals surface area contributed by atoms with Gasteiger partial charge in [0, 0.05) is 18.2 Å². The number of carbonyl (C=O) groups is 2. The Balaban J connectivity index is 2.22. The van der Waals surface area contributed by atoms with Crippen molar-refractivity contribution in [2.24, 2.45) is 0 Å². The second kappa shape index (κ2) is 9.18. The van der Waals surface area contributed by atoms with Gasteiger partial charge in [-0.3, -0.25) is 25.0 Å². The predicted molar refractivity (Wildman–Crippen MR) is 100 cm³/mol. The summed E-state index contributed by atoms with van der Waals surface area (Å²) >= 11 is 0. The molecule has 0 aliphatic rings. The molecule has 0 unspecified atom stereocenters. The Labute approximate surface area is 168 Å². The number of nitro benzene ring substituents is 2. The Kier molecular flexibility index (Phi) is 6.70. The Morgan fingerprint density at radius 1 is 1.00 bits per heavy atom. The number of methoxy groups -OCH3 is 2. The van der Waals surface area contributed by atoms with Crippen LogP contribution in [0.2, 0.25) is 0 Å². The van der Waals surface area contributed by atoms with Crippen molar-refractivity contribution in [3.8, 4) is 17.2 Å². The van der Waals surface area contributed by atoms with Crippen LogP contribution < -0.4 is 19.5 Å². The van der Waals surface area contributed by atoms with E-state index in [0.717, 1.165) is 18.2 Å². The maximum Gasteiger partial charge on any atom is 0.337 e. The van der Waals surface area contributed by atoms with Gasteiger partial charge in [0.15, 0.2) is 23.9 Å². The maximum absolute atomic E-state index is 12.2. The van der Waals surface area contributed by atoms with E-state index in [1.807, 2.05) is 0 Å². The second-order valence-corrected chi connectivity index (χ2v) is 5.56. The number of anilines is 1. The van der Waals surface area contributed by atoms with Crippen LogP contribution >= 0.6 is 0 Å². The molecule has 0 aliphatic carbocycles. The largest absolute Gasteiger partial charge is 0.493 e. The fourth-order valence-corrected chi connectivity index (χ4v) is 2.37. The SMILES string of the molecule is COc1cc(NC(=O)COc2ccc([N+](=O)[O-])cc2[N+](=O)[O-])c(C(=O)O)cc1OC. The lowest BCUT2D eigenvalue weighted by molar-refractivity contribution is -0.394. The van der Waals surface area contributed by atoms with Crippen LogP contribution in [-0.2, 0) is 4.79 Å². The molecule has 0 atom stereocenters. The number of ether oxygens (including phenoxy) is 3. The lowest BCUT2D eigenvalue weighted by atomic mass is 10.1. The predicted octanol–water partition coefficient (Wildman–Crippen LogP) is 2.24. The zero-order chi connectivity index (χ0) is 22.4. The molecule has 13 nitrogen and oxygen atoms in total. The molecule has 0 aliphatic heterocycles. The molecule has 0 aromatic heterocycles. The molecular weight excluding hydrogens is 406 g/mol. The van der Waals surface area contributed by atoms with Gasteiger partial charge in [0.2, 0.25) is 0 Å². The number of amides is 1. The number of carboxylic acids is 1. The number of nitro groups is 2. The molecule has 1 amide bonds. The van der Waals surface area contributed by atoms with Gasteiger partial charge in [-0.2, -0.15) is 0 Å². The van der Waals surface area contributed by atoms with E-state index in [1.165, 1.54) is 20.3 Å². The summed E-state index contributed by atoms with van der Waals surface area (Å²) in [6, 6.07) is 5.05. The average molecular weight is 421 g/mol. The molecule has 2 aromatic rings. The van der Waals surface area contributed by atoms with Crippen LogP contribution in [0.25, 0.3) is 0 Å². The van der Waals surface area contributed by atoms with E-state index in [-0.39, 0.29) is 28.5 Å². The van der Waals surface area contributed by atoms with Crippen LogP contribution in [0, 0.1) is 20.2 Å². The Bertz CT molecular complexity index is 1020. The molecule has 2 aromatic carbocycles. The molecule has 0 heterocycles. The Hall–Kier alpha value is -4.42. The number of nitrogens with zero attached hydrogens (tertiary/aromatic N) is 2. The molecule has 2 N–H and O–H groups in total.